The van der Waals surface area contributed by atoms with Crippen molar-refractivity contribution in [1.82, 2.24) is 15.0 Å². The van der Waals surface area contributed by atoms with Crippen molar-refractivity contribution in [2.45, 2.75) is 13.1 Å². The van der Waals surface area contributed by atoms with Crippen LogP contribution in [-0.4, -0.2) is 15.0 Å². The second-order valence-corrected chi connectivity index (χ2v) is 3.75. The van der Waals surface area contributed by atoms with Crippen LogP contribution in [0.4, 0.5) is 23.5 Å². The summed E-state index contributed by atoms with van der Waals surface area (Å²) in [6.07, 6.45) is -4.64. The smallest absolute Gasteiger partial charge is 0.368 e. The quantitative estimate of drug-likeness (QED) is 0.810. The minimum absolute atomic E-state index is 0.153. The van der Waals surface area contributed by atoms with Gasteiger partial charge in [-0.15, -0.1) is 0 Å². The molecule has 8 heteroatoms. The number of halogens is 4. The Bertz CT molecular complexity index is 604. The van der Waals surface area contributed by atoms with E-state index in [-0.39, 0.29) is 17.6 Å². The highest BCUT2D eigenvalue weighted by molar-refractivity contribution is 5.62. The molecule has 1 aromatic heterocycles. The SMILES string of the molecule is Cc1nc(N)nc(-c2cc(F)ccc2C(F)(F)F)n1. The maximum Gasteiger partial charge on any atom is 0.417 e. The molecule has 0 atom stereocenters. The van der Waals surface area contributed by atoms with Crippen LogP contribution in [0.25, 0.3) is 11.4 Å². The Morgan fingerprint density at radius 1 is 1.11 bits per heavy atom. The van der Waals surface area contributed by atoms with E-state index >= 15 is 0 Å². The number of benzene rings is 1. The summed E-state index contributed by atoms with van der Waals surface area (Å²) in [4.78, 5) is 11.0. The second kappa shape index (κ2) is 4.45. The van der Waals surface area contributed by atoms with Gasteiger partial charge in [0, 0.05) is 5.56 Å². The van der Waals surface area contributed by atoms with Gasteiger partial charge in [-0.2, -0.15) is 23.1 Å². The van der Waals surface area contributed by atoms with Crippen LogP contribution >= 0.6 is 0 Å². The molecule has 0 unspecified atom stereocenters. The number of alkyl halides is 3. The first kappa shape index (κ1) is 13.2. The number of anilines is 1. The van der Waals surface area contributed by atoms with E-state index in [0.29, 0.717) is 6.07 Å². The molecule has 0 aliphatic heterocycles. The number of hydrogen-bond donors (Lipinski definition) is 1. The van der Waals surface area contributed by atoms with Gasteiger partial charge in [-0.05, 0) is 25.1 Å². The summed E-state index contributed by atoms with van der Waals surface area (Å²) >= 11 is 0. The highest BCUT2D eigenvalue weighted by Gasteiger charge is 2.34. The molecule has 0 saturated carbocycles. The summed E-state index contributed by atoms with van der Waals surface area (Å²) in [6.45, 7) is 1.45. The fourth-order valence-electron chi connectivity index (χ4n) is 1.57. The van der Waals surface area contributed by atoms with E-state index in [1.165, 1.54) is 6.92 Å². The Balaban J connectivity index is 2.70. The van der Waals surface area contributed by atoms with Gasteiger partial charge in [-0.1, -0.05) is 0 Å². The molecule has 0 spiro atoms. The van der Waals surface area contributed by atoms with Gasteiger partial charge in [0.2, 0.25) is 5.95 Å². The molecule has 0 aliphatic rings. The predicted molar refractivity (Wildman–Crippen MR) is 59.4 cm³/mol. The molecule has 2 aromatic rings. The largest absolute Gasteiger partial charge is 0.417 e. The van der Waals surface area contributed by atoms with E-state index in [1.54, 1.807) is 0 Å². The average Bonchev–Trinajstić information content (AvgIpc) is 2.25. The lowest BCUT2D eigenvalue weighted by Crippen LogP contribution is -2.10. The van der Waals surface area contributed by atoms with Crippen LogP contribution in [0, 0.1) is 12.7 Å². The molecule has 0 amide bonds. The number of aromatic nitrogens is 3. The maximum absolute atomic E-state index is 13.2. The van der Waals surface area contributed by atoms with Crippen molar-refractivity contribution in [1.29, 1.82) is 0 Å². The van der Waals surface area contributed by atoms with Gasteiger partial charge in [-0.25, -0.2) is 9.37 Å². The number of nitrogens with two attached hydrogens (primary N) is 1. The summed E-state index contributed by atoms with van der Waals surface area (Å²) in [5, 5.41) is 0. The van der Waals surface area contributed by atoms with Crippen molar-refractivity contribution in [3.8, 4) is 11.4 Å². The number of nitrogen functional groups attached to an aromatic ring is 1. The predicted octanol–water partition coefficient (Wildman–Crippen LogP) is 2.59. The van der Waals surface area contributed by atoms with E-state index in [0.717, 1.165) is 12.1 Å². The van der Waals surface area contributed by atoms with Crippen LogP contribution in [0.3, 0.4) is 0 Å². The summed E-state index contributed by atoms with van der Waals surface area (Å²) in [7, 11) is 0. The lowest BCUT2D eigenvalue weighted by molar-refractivity contribution is -0.137. The molecule has 19 heavy (non-hydrogen) atoms. The first-order chi connectivity index (χ1) is 8.77. The van der Waals surface area contributed by atoms with Crippen molar-refractivity contribution in [2.24, 2.45) is 0 Å². The second-order valence-electron chi connectivity index (χ2n) is 3.75. The third-order valence-corrected chi connectivity index (χ3v) is 2.29. The minimum atomic E-state index is -4.64. The van der Waals surface area contributed by atoms with Gasteiger partial charge in [0.05, 0.1) is 5.56 Å². The number of nitrogens with zero attached hydrogens (tertiary/aromatic N) is 3. The summed E-state index contributed by atoms with van der Waals surface area (Å²) in [6, 6.07) is 2.08. The van der Waals surface area contributed by atoms with Crippen molar-refractivity contribution >= 4 is 5.95 Å². The number of rotatable bonds is 1. The molecular formula is C11H8F4N4. The van der Waals surface area contributed by atoms with E-state index in [4.69, 9.17) is 5.73 Å². The molecule has 0 bridgehead atoms. The lowest BCUT2D eigenvalue weighted by Gasteiger charge is -2.12. The molecule has 2 rings (SSSR count). The van der Waals surface area contributed by atoms with Gasteiger partial charge in [0.1, 0.15) is 11.6 Å². The van der Waals surface area contributed by atoms with Crippen molar-refractivity contribution in [3.63, 3.8) is 0 Å². The Hall–Kier alpha value is -2.25. The highest BCUT2D eigenvalue weighted by atomic mass is 19.4. The van der Waals surface area contributed by atoms with Gasteiger partial charge < -0.3 is 5.73 Å². The molecule has 2 N–H and O–H groups in total. The lowest BCUT2D eigenvalue weighted by atomic mass is 10.1. The number of hydrogen-bond acceptors (Lipinski definition) is 4. The van der Waals surface area contributed by atoms with Crippen LogP contribution in [0.5, 0.6) is 0 Å². The van der Waals surface area contributed by atoms with Gasteiger partial charge in [-0.3, -0.25) is 0 Å². The van der Waals surface area contributed by atoms with Crippen LogP contribution in [0.2, 0.25) is 0 Å². The molecular weight excluding hydrogens is 264 g/mol. The van der Waals surface area contributed by atoms with Crippen LogP contribution in [0.15, 0.2) is 18.2 Å². The van der Waals surface area contributed by atoms with Crippen LogP contribution in [0.1, 0.15) is 11.4 Å². The Kier molecular flexibility index (Phi) is 3.09. The van der Waals surface area contributed by atoms with E-state index in [9.17, 15) is 17.6 Å². The van der Waals surface area contributed by atoms with E-state index in [1.807, 2.05) is 0 Å². The molecule has 100 valence electrons. The van der Waals surface area contributed by atoms with E-state index < -0.39 is 23.1 Å². The van der Waals surface area contributed by atoms with Crippen molar-refractivity contribution in [2.75, 3.05) is 5.73 Å². The van der Waals surface area contributed by atoms with Crippen molar-refractivity contribution in [3.05, 3.63) is 35.4 Å². The maximum atomic E-state index is 13.2. The standard InChI is InChI=1S/C11H8F4N4/c1-5-17-9(19-10(16)18-5)7-4-6(12)2-3-8(7)11(13,14)15/h2-4H,1H3,(H2,16,17,18,19). The highest BCUT2D eigenvalue weighted by Crippen LogP contribution is 2.36. The zero-order valence-corrected chi connectivity index (χ0v) is 9.66. The summed E-state index contributed by atoms with van der Waals surface area (Å²) in [5.41, 5.74) is 3.86. The summed E-state index contributed by atoms with van der Waals surface area (Å²) in [5.74, 6) is -1.20. The zero-order chi connectivity index (χ0) is 14.2. The van der Waals surface area contributed by atoms with Gasteiger partial charge in [0.15, 0.2) is 5.82 Å². The van der Waals surface area contributed by atoms with Crippen LogP contribution < -0.4 is 5.73 Å². The van der Waals surface area contributed by atoms with Gasteiger partial charge >= 0.3 is 6.18 Å². The Morgan fingerprint density at radius 3 is 2.37 bits per heavy atom. The molecule has 0 saturated heterocycles. The molecule has 0 fully saturated rings. The molecule has 1 aromatic carbocycles. The van der Waals surface area contributed by atoms with Crippen molar-refractivity contribution < 1.29 is 17.6 Å². The Morgan fingerprint density at radius 2 is 1.79 bits per heavy atom. The molecule has 1 heterocycles. The minimum Gasteiger partial charge on any atom is -0.368 e. The fraction of sp³-hybridized carbons (Fsp3) is 0.182. The molecule has 0 aliphatic carbocycles. The molecule has 4 nitrogen and oxygen atoms in total. The zero-order valence-electron chi connectivity index (χ0n) is 9.66. The van der Waals surface area contributed by atoms with E-state index in [2.05, 4.69) is 15.0 Å². The molecule has 0 radical (unpaired) electrons. The Labute approximate surface area is 105 Å². The number of aryl methyl sites for hydroxylation is 1. The first-order valence-electron chi connectivity index (χ1n) is 5.12. The fourth-order valence-corrected chi connectivity index (χ4v) is 1.57. The van der Waals surface area contributed by atoms with Gasteiger partial charge in [0.25, 0.3) is 0 Å². The first-order valence-corrected chi connectivity index (χ1v) is 5.12. The third kappa shape index (κ3) is 2.78. The summed E-state index contributed by atoms with van der Waals surface area (Å²) < 4.78 is 51.7. The average molecular weight is 272 g/mol. The topological polar surface area (TPSA) is 64.7 Å². The normalized spacial score (nSPS) is 11.6. The van der Waals surface area contributed by atoms with Crippen LogP contribution in [-0.2, 0) is 6.18 Å². The monoisotopic (exact) mass is 272 g/mol. The third-order valence-electron chi connectivity index (χ3n) is 2.29.